The van der Waals surface area contributed by atoms with Crippen LogP contribution in [0, 0.1) is 0 Å². The number of aliphatic hydroxyl groups excluding tert-OH is 1. The molecular weight excluding hydrogens is 162 g/mol. The van der Waals surface area contributed by atoms with Crippen molar-refractivity contribution in [2.75, 3.05) is 25.1 Å². The van der Waals surface area contributed by atoms with Crippen molar-refractivity contribution in [2.24, 2.45) is 0 Å². The van der Waals surface area contributed by atoms with Crippen LogP contribution in [0.3, 0.4) is 0 Å². The van der Waals surface area contributed by atoms with E-state index >= 15 is 0 Å². The second-order valence-corrected chi connectivity index (χ2v) is 4.22. The average Bonchev–Trinajstić information content (AvgIpc) is 1.85. The van der Waals surface area contributed by atoms with Crippen LogP contribution in [0.5, 0.6) is 0 Å². The summed E-state index contributed by atoms with van der Waals surface area (Å²) in [6, 6.07) is 0. The van der Waals surface area contributed by atoms with Gasteiger partial charge >= 0.3 is 0 Å². The first-order valence-corrected chi connectivity index (χ1v) is 5.54. The summed E-state index contributed by atoms with van der Waals surface area (Å²) >= 11 is 0. The zero-order chi connectivity index (χ0) is 8.69. The number of rotatable bonds is 6. The van der Waals surface area contributed by atoms with Crippen molar-refractivity contribution >= 4 is 10.8 Å². The predicted molar refractivity (Wildman–Crippen MR) is 48.1 cm³/mol. The maximum atomic E-state index is 10.6. The van der Waals surface area contributed by atoms with E-state index in [4.69, 9.17) is 5.11 Å². The lowest BCUT2D eigenvalue weighted by Crippen LogP contribution is -2.23. The largest absolute Gasteiger partial charge is 0.393 e. The highest BCUT2D eigenvalue weighted by Gasteiger charge is 1.94. The Kier molecular flexibility index (Phi) is 6.80. The minimum atomic E-state index is -0.705. The molecule has 0 fully saturated rings. The molecule has 0 aliphatic carbocycles. The summed E-state index contributed by atoms with van der Waals surface area (Å²) in [5.74, 6) is 0.694. The molecule has 0 saturated carbocycles. The molecule has 0 aromatic rings. The number of nitrogens with one attached hydrogen (secondary N) is 1. The van der Waals surface area contributed by atoms with Gasteiger partial charge in [-0.25, -0.2) is 0 Å². The van der Waals surface area contributed by atoms with E-state index in [2.05, 4.69) is 5.32 Å². The lowest BCUT2D eigenvalue weighted by atomic mass is 10.3. The molecule has 0 amide bonds. The molecular formula is C7H17NO2S. The van der Waals surface area contributed by atoms with Gasteiger partial charge in [-0.1, -0.05) is 0 Å². The molecule has 0 heterocycles. The molecule has 4 heteroatoms. The van der Waals surface area contributed by atoms with Crippen molar-refractivity contribution in [3.63, 3.8) is 0 Å². The topological polar surface area (TPSA) is 49.3 Å². The van der Waals surface area contributed by atoms with Gasteiger partial charge in [0.2, 0.25) is 0 Å². The first-order valence-electron chi connectivity index (χ1n) is 3.81. The minimum Gasteiger partial charge on any atom is -0.393 e. The third-order valence-electron chi connectivity index (χ3n) is 1.31. The van der Waals surface area contributed by atoms with Crippen LogP contribution in [0.2, 0.25) is 0 Å². The molecule has 2 atom stereocenters. The summed E-state index contributed by atoms with van der Waals surface area (Å²) in [4.78, 5) is 0. The van der Waals surface area contributed by atoms with Crippen LogP contribution in [-0.4, -0.2) is 40.5 Å². The summed E-state index contributed by atoms with van der Waals surface area (Å²) in [6.45, 7) is 3.34. The van der Waals surface area contributed by atoms with Gasteiger partial charge in [0.05, 0.1) is 6.10 Å². The fourth-order valence-electron chi connectivity index (χ4n) is 0.652. The standard InChI is InChI=1S/C7H17NO2S/c1-7(9)3-4-8-5-6-11(2)10/h7-9H,3-6H2,1-2H3. The summed E-state index contributed by atoms with van der Waals surface area (Å²) in [6.07, 6.45) is 2.21. The smallest absolute Gasteiger partial charge is 0.0524 e. The van der Waals surface area contributed by atoms with E-state index in [-0.39, 0.29) is 6.10 Å². The molecule has 0 aromatic carbocycles. The maximum Gasteiger partial charge on any atom is 0.0524 e. The molecule has 0 bridgehead atoms. The predicted octanol–water partition coefficient (Wildman–Crippen LogP) is -0.275. The Morgan fingerprint density at radius 2 is 2.18 bits per heavy atom. The Morgan fingerprint density at radius 1 is 1.55 bits per heavy atom. The average molecular weight is 179 g/mol. The molecule has 3 nitrogen and oxygen atoms in total. The second kappa shape index (κ2) is 6.76. The Hall–Kier alpha value is 0.0700. The minimum absolute atomic E-state index is 0.241. The molecule has 0 radical (unpaired) electrons. The van der Waals surface area contributed by atoms with E-state index < -0.39 is 10.8 Å². The van der Waals surface area contributed by atoms with Crippen molar-refractivity contribution in [1.29, 1.82) is 0 Å². The molecule has 11 heavy (non-hydrogen) atoms. The summed E-state index contributed by atoms with van der Waals surface area (Å²) in [7, 11) is -0.705. The molecule has 0 spiro atoms. The van der Waals surface area contributed by atoms with Crippen molar-refractivity contribution in [3.8, 4) is 0 Å². The maximum absolute atomic E-state index is 10.6. The van der Waals surface area contributed by atoms with E-state index in [0.29, 0.717) is 5.75 Å². The van der Waals surface area contributed by atoms with Gasteiger partial charge in [0.15, 0.2) is 0 Å². The van der Waals surface area contributed by atoms with Crippen LogP contribution in [0.15, 0.2) is 0 Å². The fraction of sp³-hybridized carbons (Fsp3) is 1.00. The Balaban J connectivity index is 2.97. The van der Waals surface area contributed by atoms with Crippen molar-refractivity contribution < 1.29 is 9.32 Å². The first-order chi connectivity index (χ1) is 5.13. The summed E-state index contributed by atoms with van der Waals surface area (Å²) in [5.41, 5.74) is 0. The Bertz CT molecular complexity index is 117. The van der Waals surface area contributed by atoms with E-state index in [9.17, 15) is 4.21 Å². The van der Waals surface area contributed by atoms with Gasteiger partial charge in [0, 0.05) is 29.4 Å². The zero-order valence-corrected chi connectivity index (χ0v) is 7.99. The molecule has 0 aromatic heterocycles. The highest BCUT2D eigenvalue weighted by Crippen LogP contribution is 1.85. The van der Waals surface area contributed by atoms with Crippen molar-refractivity contribution in [3.05, 3.63) is 0 Å². The monoisotopic (exact) mass is 179 g/mol. The third kappa shape index (κ3) is 10.1. The quantitative estimate of drug-likeness (QED) is 0.552. The second-order valence-electron chi connectivity index (χ2n) is 2.67. The van der Waals surface area contributed by atoms with Gasteiger partial charge in [-0.05, 0) is 19.9 Å². The van der Waals surface area contributed by atoms with Crippen molar-refractivity contribution in [2.45, 2.75) is 19.4 Å². The van der Waals surface area contributed by atoms with E-state index in [0.717, 1.165) is 19.5 Å². The van der Waals surface area contributed by atoms with Crippen LogP contribution < -0.4 is 5.32 Å². The van der Waals surface area contributed by atoms with Crippen LogP contribution in [0.25, 0.3) is 0 Å². The molecule has 68 valence electrons. The van der Waals surface area contributed by atoms with Gasteiger partial charge < -0.3 is 10.4 Å². The van der Waals surface area contributed by atoms with Gasteiger partial charge in [0.25, 0.3) is 0 Å². The first kappa shape index (κ1) is 11.1. The van der Waals surface area contributed by atoms with Gasteiger partial charge in [0.1, 0.15) is 0 Å². The Labute approximate surface area is 70.6 Å². The highest BCUT2D eigenvalue weighted by atomic mass is 32.2. The number of hydrogen-bond acceptors (Lipinski definition) is 3. The molecule has 2 unspecified atom stereocenters. The SMILES string of the molecule is CC(O)CCNCCS(C)=O. The molecule has 0 saturated heterocycles. The number of hydrogen-bond donors (Lipinski definition) is 2. The fourth-order valence-corrected chi connectivity index (χ4v) is 1.08. The van der Waals surface area contributed by atoms with E-state index in [1.54, 1.807) is 13.2 Å². The number of aliphatic hydroxyl groups is 1. The van der Waals surface area contributed by atoms with Crippen LogP contribution in [0.4, 0.5) is 0 Å². The van der Waals surface area contributed by atoms with Crippen LogP contribution in [-0.2, 0) is 10.8 Å². The van der Waals surface area contributed by atoms with E-state index in [1.807, 2.05) is 0 Å². The third-order valence-corrected chi connectivity index (χ3v) is 2.08. The van der Waals surface area contributed by atoms with Crippen molar-refractivity contribution in [1.82, 2.24) is 5.32 Å². The van der Waals surface area contributed by atoms with Gasteiger partial charge in [-0.3, -0.25) is 4.21 Å². The normalized spacial score (nSPS) is 16.3. The molecule has 2 N–H and O–H groups in total. The van der Waals surface area contributed by atoms with Crippen LogP contribution in [0.1, 0.15) is 13.3 Å². The molecule has 0 aliphatic rings. The van der Waals surface area contributed by atoms with Gasteiger partial charge in [-0.2, -0.15) is 0 Å². The molecule has 0 aliphatic heterocycles. The summed E-state index contributed by atoms with van der Waals surface area (Å²) in [5, 5.41) is 12.0. The summed E-state index contributed by atoms with van der Waals surface area (Å²) < 4.78 is 10.6. The Morgan fingerprint density at radius 3 is 2.64 bits per heavy atom. The highest BCUT2D eigenvalue weighted by molar-refractivity contribution is 7.84. The lowest BCUT2D eigenvalue weighted by molar-refractivity contribution is 0.184. The molecule has 0 rings (SSSR count). The van der Waals surface area contributed by atoms with Gasteiger partial charge in [-0.15, -0.1) is 0 Å². The van der Waals surface area contributed by atoms with Crippen LogP contribution >= 0.6 is 0 Å². The lowest BCUT2D eigenvalue weighted by Gasteiger charge is -2.04. The van der Waals surface area contributed by atoms with E-state index in [1.165, 1.54) is 0 Å². The zero-order valence-electron chi connectivity index (χ0n) is 7.17.